The molecule has 0 saturated heterocycles. The Balaban J connectivity index is 2.17. The number of rotatable bonds is 10. The van der Waals surface area contributed by atoms with Crippen LogP contribution in [0.3, 0.4) is 0 Å². The summed E-state index contributed by atoms with van der Waals surface area (Å²) in [6.45, 7) is 4.52. The molecule has 0 radical (unpaired) electrons. The van der Waals surface area contributed by atoms with E-state index in [1.54, 1.807) is 23.1 Å². The van der Waals surface area contributed by atoms with Gasteiger partial charge in [-0.15, -0.1) is 0 Å². The topological polar surface area (TPSA) is 58.6 Å². The number of benzene rings is 2. The first-order valence-electron chi connectivity index (χ1n) is 9.65. The zero-order chi connectivity index (χ0) is 21.2. The van der Waals surface area contributed by atoms with Gasteiger partial charge in [0.1, 0.15) is 11.8 Å². The largest absolute Gasteiger partial charge is 0.482 e. The molecule has 2 amide bonds. The van der Waals surface area contributed by atoms with E-state index in [-0.39, 0.29) is 18.4 Å². The van der Waals surface area contributed by atoms with E-state index in [0.29, 0.717) is 35.3 Å². The lowest BCUT2D eigenvalue weighted by Gasteiger charge is -2.30. The van der Waals surface area contributed by atoms with Crippen LogP contribution in [-0.4, -0.2) is 35.9 Å². The molecule has 0 aromatic heterocycles. The maximum absolute atomic E-state index is 13.0. The molecule has 2 aromatic carbocycles. The van der Waals surface area contributed by atoms with Gasteiger partial charge in [0, 0.05) is 18.1 Å². The molecule has 29 heavy (non-hydrogen) atoms. The molecule has 0 aliphatic rings. The Bertz CT molecular complexity index is 815. The maximum atomic E-state index is 13.0. The minimum atomic E-state index is -0.585. The molecule has 0 saturated carbocycles. The molecule has 156 valence electrons. The fourth-order valence-corrected chi connectivity index (χ4v) is 3.34. The molecule has 7 heteroatoms. The molecule has 0 spiro atoms. The second kappa shape index (κ2) is 11.7. The maximum Gasteiger partial charge on any atom is 0.261 e. The summed E-state index contributed by atoms with van der Waals surface area (Å²) in [4.78, 5) is 27.2. The average molecular weight is 437 g/mol. The zero-order valence-corrected chi connectivity index (χ0v) is 18.2. The molecule has 0 heterocycles. The lowest BCUT2D eigenvalue weighted by Crippen LogP contribution is -2.50. The molecular formula is C22H26Cl2N2O3. The van der Waals surface area contributed by atoms with Crippen LogP contribution in [0, 0.1) is 0 Å². The smallest absolute Gasteiger partial charge is 0.261 e. The van der Waals surface area contributed by atoms with Crippen LogP contribution in [0.4, 0.5) is 0 Å². The van der Waals surface area contributed by atoms with Gasteiger partial charge in [-0.2, -0.15) is 0 Å². The molecule has 2 aromatic rings. The number of carbonyl (C=O) groups excluding carboxylic acids is 2. The SMILES string of the molecule is CCCNC(=O)[C@H](CC)N(Cc1ccccc1)C(=O)COc1ccc(Cl)cc1Cl. The Labute approximate surface area is 181 Å². The Kier molecular flexibility index (Phi) is 9.29. The Morgan fingerprint density at radius 2 is 1.83 bits per heavy atom. The van der Waals surface area contributed by atoms with Crippen LogP contribution in [-0.2, 0) is 16.1 Å². The summed E-state index contributed by atoms with van der Waals surface area (Å²) >= 11 is 12.0. The summed E-state index contributed by atoms with van der Waals surface area (Å²) in [7, 11) is 0. The van der Waals surface area contributed by atoms with Crippen LogP contribution in [0.25, 0.3) is 0 Å². The van der Waals surface area contributed by atoms with Crippen molar-refractivity contribution in [3.05, 3.63) is 64.1 Å². The van der Waals surface area contributed by atoms with Crippen LogP contribution in [0.15, 0.2) is 48.5 Å². The number of halogens is 2. The minimum Gasteiger partial charge on any atom is -0.482 e. The third kappa shape index (κ3) is 6.94. The highest BCUT2D eigenvalue weighted by Crippen LogP contribution is 2.27. The van der Waals surface area contributed by atoms with Crippen molar-refractivity contribution < 1.29 is 14.3 Å². The monoisotopic (exact) mass is 436 g/mol. The minimum absolute atomic E-state index is 0.164. The van der Waals surface area contributed by atoms with Gasteiger partial charge in [-0.3, -0.25) is 9.59 Å². The highest BCUT2D eigenvalue weighted by Gasteiger charge is 2.28. The first-order chi connectivity index (χ1) is 14.0. The van der Waals surface area contributed by atoms with Crippen molar-refractivity contribution in [2.24, 2.45) is 0 Å². The van der Waals surface area contributed by atoms with Crippen molar-refractivity contribution in [2.75, 3.05) is 13.2 Å². The van der Waals surface area contributed by atoms with Crippen LogP contribution < -0.4 is 10.1 Å². The van der Waals surface area contributed by atoms with Crippen LogP contribution >= 0.6 is 23.2 Å². The van der Waals surface area contributed by atoms with Crippen LogP contribution in [0.2, 0.25) is 10.0 Å². The number of nitrogens with zero attached hydrogens (tertiary/aromatic N) is 1. The molecule has 0 fully saturated rings. The highest BCUT2D eigenvalue weighted by atomic mass is 35.5. The number of hydrogen-bond acceptors (Lipinski definition) is 3. The number of hydrogen-bond donors (Lipinski definition) is 1. The predicted molar refractivity (Wildman–Crippen MR) is 116 cm³/mol. The molecular weight excluding hydrogens is 411 g/mol. The summed E-state index contributed by atoms with van der Waals surface area (Å²) in [5, 5.41) is 3.69. The summed E-state index contributed by atoms with van der Waals surface area (Å²) in [6, 6.07) is 13.8. The van der Waals surface area contributed by atoms with E-state index < -0.39 is 6.04 Å². The molecule has 0 aliphatic carbocycles. The van der Waals surface area contributed by atoms with E-state index in [0.717, 1.165) is 12.0 Å². The summed E-state index contributed by atoms with van der Waals surface area (Å²) in [5.74, 6) is -0.0888. The van der Waals surface area contributed by atoms with Gasteiger partial charge in [-0.05, 0) is 36.6 Å². The van der Waals surface area contributed by atoms with Gasteiger partial charge in [0.15, 0.2) is 6.61 Å². The van der Waals surface area contributed by atoms with Crippen LogP contribution in [0.1, 0.15) is 32.3 Å². The first kappa shape index (κ1) is 23.0. The lowest BCUT2D eigenvalue weighted by atomic mass is 10.1. The number of ether oxygens (including phenoxy) is 1. The summed E-state index contributed by atoms with van der Waals surface area (Å²) in [6.07, 6.45) is 1.32. The standard InChI is InChI=1S/C22H26Cl2N2O3/c1-3-12-25-22(28)19(4-2)26(14-16-8-6-5-7-9-16)21(27)15-29-20-11-10-17(23)13-18(20)24/h5-11,13,19H,3-4,12,14-15H2,1-2H3,(H,25,28)/t19-/m0/s1. The third-order valence-corrected chi connectivity index (χ3v) is 4.91. The van der Waals surface area contributed by atoms with Crippen molar-refractivity contribution in [3.63, 3.8) is 0 Å². The highest BCUT2D eigenvalue weighted by molar-refractivity contribution is 6.35. The van der Waals surface area contributed by atoms with Gasteiger partial charge in [0.25, 0.3) is 5.91 Å². The molecule has 1 N–H and O–H groups in total. The third-order valence-electron chi connectivity index (χ3n) is 4.38. The van der Waals surface area contributed by atoms with E-state index in [2.05, 4.69) is 5.32 Å². The molecule has 0 bridgehead atoms. The fourth-order valence-electron chi connectivity index (χ4n) is 2.88. The Morgan fingerprint density at radius 1 is 1.10 bits per heavy atom. The normalized spacial score (nSPS) is 11.6. The van der Waals surface area contributed by atoms with Gasteiger partial charge in [0.2, 0.25) is 5.91 Å². The zero-order valence-electron chi connectivity index (χ0n) is 16.7. The average Bonchev–Trinajstić information content (AvgIpc) is 2.72. The van der Waals surface area contributed by atoms with E-state index >= 15 is 0 Å². The Morgan fingerprint density at radius 3 is 2.45 bits per heavy atom. The molecule has 0 unspecified atom stereocenters. The van der Waals surface area contributed by atoms with Gasteiger partial charge >= 0.3 is 0 Å². The summed E-state index contributed by atoms with van der Waals surface area (Å²) < 4.78 is 5.61. The second-order valence-corrected chi connectivity index (χ2v) is 7.43. The second-order valence-electron chi connectivity index (χ2n) is 6.59. The molecule has 5 nitrogen and oxygen atoms in total. The van der Waals surface area contributed by atoms with Crippen molar-refractivity contribution in [1.82, 2.24) is 10.2 Å². The van der Waals surface area contributed by atoms with Crippen LogP contribution in [0.5, 0.6) is 5.75 Å². The fraction of sp³-hybridized carbons (Fsp3) is 0.364. The van der Waals surface area contributed by atoms with E-state index in [9.17, 15) is 9.59 Å². The lowest BCUT2D eigenvalue weighted by molar-refractivity contribution is -0.143. The van der Waals surface area contributed by atoms with Gasteiger partial charge in [0.05, 0.1) is 5.02 Å². The number of nitrogens with one attached hydrogen (secondary N) is 1. The van der Waals surface area contributed by atoms with E-state index in [4.69, 9.17) is 27.9 Å². The first-order valence-corrected chi connectivity index (χ1v) is 10.4. The number of carbonyl (C=O) groups is 2. The van der Waals surface area contributed by atoms with Crippen molar-refractivity contribution >= 4 is 35.0 Å². The van der Waals surface area contributed by atoms with Gasteiger partial charge < -0.3 is 15.0 Å². The van der Waals surface area contributed by atoms with E-state index in [1.807, 2.05) is 44.2 Å². The predicted octanol–water partition coefficient (Wildman–Crippen LogP) is 4.71. The quantitative estimate of drug-likeness (QED) is 0.586. The van der Waals surface area contributed by atoms with Crippen molar-refractivity contribution in [1.29, 1.82) is 0 Å². The molecule has 0 aliphatic heterocycles. The summed E-state index contributed by atoms with van der Waals surface area (Å²) in [5.41, 5.74) is 0.937. The molecule has 2 rings (SSSR count). The Hall–Kier alpha value is -2.24. The van der Waals surface area contributed by atoms with E-state index in [1.165, 1.54) is 0 Å². The van der Waals surface area contributed by atoms with Crippen molar-refractivity contribution in [2.45, 2.75) is 39.3 Å². The number of amides is 2. The van der Waals surface area contributed by atoms with Gasteiger partial charge in [-0.25, -0.2) is 0 Å². The molecule has 1 atom stereocenters. The van der Waals surface area contributed by atoms with Crippen molar-refractivity contribution in [3.8, 4) is 5.75 Å². The van der Waals surface area contributed by atoms with Gasteiger partial charge in [-0.1, -0.05) is 67.4 Å².